The predicted molar refractivity (Wildman–Crippen MR) is 93.5 cm³/mol. The van der Waals surface area contributed by atoms with Crippen LogP contribution >= 0.6 is 0 Å². The summed E-state index contributed by atoms with van der Waals surface area (Å²) in [5.41, 5.74) is 4.79. The van der Waals surface area contributed by atoms with Gasteiger partial charge in [0, 0.05) is 38.3 Å². The second kappa shape index (κ2) is 6.97. The normalized spacial score (nSPS) is 15.7. The standard InChI is InChI=1S/C20H24N2O/c1-16-12-17(2)14-18(13-16)15-21-8-10-22(11-9-21)20(23)19-6-4-3-5-7-19/h3-7,12-14H,8-11,15H2,1-2H3. The van der Waals surface area contributed by atoms with Gasteiger partial charge in [-0.15, -0.1) is 0 Å². The molecule has 0 atom stereocenters. The number of rotatable bonds is 3. The average molecular weight is 308 g/mol. The molecule has 1 heterocycles. The Bertz CT molecular complexity index is 653. The van der Waals surface area contributed by atoms with Gasteiger partial charge in [-0.1, -0.05) is 47.5 Å². The Morgan fingerprint density at radius 2 is 1.52 bits per heavy atom. The molecular formula is C20H24N2O. The summed E-state index contributed by atoms with van der Waals surface area (Å²) in [5.74, 6) is 0.150. The lowest BCUT2D eigenvalue weighted by molar-refractivity contribution is 0.0628. The monoisotopic (exact) mass is 308 g/mol. The minimum Gasteiger partial charge on any atom is -0.336 e. The molecule has 2 aromatic rings. The number of aryl methyl sites for hydroxylation is 2. The number of benzene rings is 2. The first-order chi connectivity index (χ1) is 11.1. The van der Waals surface area contributed by atoms with Crippen molar-refractivity contribution in [1.82, 2.24) is 9.80 Å². The SMILES string of the molecule is Cc1cc(C)cc(CN2CCN(C(=O)c3ccccc3)CC2)c1. The van der Waals surface area contributed by atoms with Crippen LogP contribution in [0.3, 0.4) is 0 Å². The average Bonchev–Trinajstić information content (AvgIpc) is 2.55. The van der Waals surface area contributed by atoms with E-state index in [-0.39, 0.29) is 5.91 Å². The van der Waals surface area contributed by atoms with Crippen LogP contribution in [-0.4, -0.2) is 41.9 Å². The van der Waals surface area contributed by atoms with Gasteiger partial charge in [0.05, 0.1) is 0 Å². The number of carbonyl (C=O) groups excluding carboxylic acids is 1. The number of nitrogens with zero attached hydrogens (tertiary/aromatic N) is 2. The molecule has 0 radical (unpaired) electrons. The van der Waals surface area contributed by atoms with Crippen LogP contribution in [0.5, 0.6) is 0 Å². The van der Waals surface area contributed by atoms with Crippen molar-refractivity contribution in [3.8, 4) is 0 Å². The molecule has 1 aliphatic rings. The minimum atomic E-state index is 0.150. The summed E-state index contributed by atoms with van der Waals surface area (Å²) in [6, 6.07) is 16.3. The second-order valence-corrected chi connectivity index (χ2v) is 6.43. The summed E-state index contributed by atoms with van der Waals surface area (Å²) in [7, 11) is 0. The number of piperazine rings is 1. The minimum absolute atomic E-state index is 0.150. The van der Waals surface area contributed by atoms with Gasteiger partial charge in [-0.05, 0) is 31.5 Å². The van der Waals surface area contributed by atoms with Crippen molar-refractivity contribution < 1.29 is 4.79 Å². The van der Waals surface area contributed by atoms with Gasteiger partial charge in [-0.25, -0.2) is 0 Å². The molecule has 2 aromatic carbocycles. The fourth-order valence-electron chi connectivity index (χ4n) is 3.29. The Kier molecular flexibility index (Phi) is 4.77. The van der Waals surface area contributed by atoms with E-state index in [0.29, 0.717) is 0 Å². The molecule has 23 heavy (non-hydrogen) atoms. The maximum Gasteiger partial charge on any atom is 0.253 e. The Morgan fingerprint density at radius 1 is 0.913 bits per heavy atom. The van der Waals surface area contributed by atoms with Crippen molar-refractivity contribution in [3.63, 3.8) is 0 Å². The van der Waals surface area contributed by atoms with Crippen LogP contribution in [-0.2, 0) is 6.54 Å². The molecule has 1 fully saturated rings. The molecule has 0 N–H and O–H groups in total. The zero-order valence-corrected chi connectivity index (χ0v) is 14.0. The van der Waals surface area contributed by atoms with Crippen molar-refractivity contribution in [2.24, 2.45) is 0 Å². The molecule has 1 saturated heterocycles. The highest BCUT2D eigenvalue weighted by molar-refractivity contribution is 5.94. The van der Waals surface area contributed by atoms with E-state index in [0.717, 1.165) is 38.3 Å². The van der Waals surface area contributed by atoms with Gasteiger partial charge in [0.25, 0.3) is 5.91 Å². The van der Waals surface area contributed by atoms with Crippen LogP contribution < -0.4 is 0 Å². The van der Waals surface area contributed by atoms with E-state index >= 15 is 0 Å². The molecule has 3 nitrogen and oxygen atoms in total. The van der Waals surface area contributed by atoms with E-state index < -0.39 is 0 Å². The maximum absolute atomic E-state index is 12.5. The van der Waals surface area contributed by atoms with Gasteiger partial charge in [0.2, 0.25) is 0 Å². The quantitative estimate of drug-likeness (QED) is 0.869. The van der Waals surface area contributed by atoms with Crippen LogP contribution in [0.1, 0.15) is 27.0 Å². The van der Waals surface area contributed by atoms with Gasteiger partial charge in [-0.2, -0.15) is 0 Å². The van der Waals surface area contributed by atoms with E-state index in [1.807, 2.05) is 35.2 Å². The summed E-state index contributed by atoms with van der Waals surface area (Å²) in [4.78, 5) is 16.9. The lowest BCUT2D eigenvalue weighted by atomic mass is 10.1. The number of carbonyl (C=O) groups is 1. The van der Waals surface area contributed by atoms with Crippen LogP contribution in [0.4, 0.5) is 0 Å². The molecule has 0 saturated carbocycles. The Hall–Kier alpha value is -2.13. The van der Waals surface area contributed by atoms with Crippen molar-refractivity contribution in [2.75, 3.05) is 26.2 Å². The Morgan fingerprint density at radius 3 is 2.13 bits per heavy atom. The molecule has 120 valence electrons. The Labute approximate surface area is 138 Å². The largest absolute Gasteiger partial charge is 0.336 e. The number of hydrogen-bond donors (Lipinski definition) is 0. The third kappa shape index (κ3) is 3.99. The van der Waals surface area contributed by atoms with Crippen molar-refractivity contribution >= 4 is 5.91 Å². The number of amides is 1. The van der Waals surface area contributed by atoms with Crippen molar-refractivity contribution in [1.29, 1.82) is 0 Å². The first-order valence-electron chi connectivity index (χ1n) is 8.26. The summed E-state index contributed by atoms with van der Waals surface area (Å²) in [5, 5.41) is 0. The van der Waals surface area contributed by atoms with Crippen LogP contribution in [0.2, 0.25) is 0 Å². The van der Waals surface area contributed by atoms with E-state index in [1.54, 1.807) is 0 Å². The topological polar surface area (TPSA) is 23.6 Å². The molecule has 3 heteroatoms. The van der Waals surface area contributed by atoms with Crippen LogP contribution in [0.25, 0.3) is 0 Å². The third-order valence-corrected chi connectivity index (χ3v) is 4.37. The Balaban J connectivity index is 1.57. The first kappa shape index (κ1) is 15.8. The zero-order chi connectivity index (χ0) is 16.2. The molecule has 0 bridgehead atoms. The summed E-state index contributed by atoms with van der Waals surface area (Å²) >= 11 is 0. The summed E-state index contributed by atoms with van der Waals surface area (Å²) in [6.07, 6.45) is 0. The first-order valence-corrected chi connectivity index (χ1v) is 8.26. The highest BCUT2D eigenvalue weighted by atomic mass is 16.2. The zero-order valence-electron chi connectivity index (χ0n) is 14.0. The van der Waals surface area contributed by atoms with E-state index in [4.69, 9.17) is 0 Å². The smallest absolute Gasteiger partial charge is 0.253 e. The van der Waals surface area contributed by atoms with E-state index in [9.17, 15) is 4.79 Å². The molecule has 0 spiro atoms. The van der Waals surface area contributed by atoms with Gasteiger partial charge < -0.3 is 4.90 Å². The van der Waals surface area contributed by atoms with Gasteiger partial charge >= 0.3 is 0 Å². The fraction of sp³-hybridized carbons (Fsp3) is 0.350. The predicted octanol–water partition coefficient (Wildman–Crippen LogP) is 3.26. The van der Waals surface area contributed by atoms with Crippen LogP contribution in [0, 0.1) is 13.8 Å². The second-order valence-electron chi connectivity index (χ2n) is 6.43. The summed E-state index contributed by atoms with van der Waals surface area (Å²) < 4.78 is 0. The lowest BCUT2D eigenvalue weighted by Gasteiger charge is -2.35. The summed E-state index contributed by atoms with van der Waals surface area (Å²) in [6.45, 7) is 8.74. The lowest BCUT2D eigenvalue weighted by Crippen LogP contribution is -2.48. The molecule has 0 aliphatic carbocycles. The highest BCUT2D eigenvalue weighted by Gasteiger charge is 2.21. The molecule has 1 amide bonds. The number of hydrogen-bond acceptors (Lipinski definition) is 2. The highest BCUT2D eigenvalue weighted by Crippen LogP contribution is 2.14. The van der Waals surface area contributed by atoms with Gasteiger partial charge in [-0.3, -0.25) is 9.69 Å². The molecule has 0 unspecified atom stereocenters. The molecule has 1 aliphatic heterocycles. The van der Waals surface area contributed by atoms with Crippen LogP contribution in [0.15, 0.2) is 48.5 Å². The van der Waals surface area contributed by atoms with Crippen molar-refractivity contribution in [3.05, 3.63) is 70.8 Å². The van der Waals surface area contributed by atoms with Crippen molar-refractivity contribution in [2.45, 2.75) is 20.4 Å². The molecular weight excluding hydrogens is 284 g/mol. The van der Waals surface area contributed by atoms with Gasteiger partial charge in [0.1, 0.15) is 0 Å². The fourth-order valence-corrected chi connectivity index (χ4v) is 3.29. The van der Waals surface area contributed by atoms with E-state index in [2.05, 4.69) is 36.9 Å². The maximum atomic E-state index is 12.5. The molecule has 3 rings (SSSR count). The van der Waals surface area contributed by atoms with Gasteiger partial charge in [0.15, 0.2) is 0 Å². The molecule has 0 aromatic heterocycles. The third-order valence-electron chi connectivity index (χ3n) is 4.37. The van der Waals surface area contributed by atoms with E-state index in [1.165, 1.54) is 16.7 Å².